The molecule has 3 aromatic rings. The Hall–Kier alpha value is -2.70. The van der Waals surface area contributed by atoms with Crippen LogP contribution in [0.1, 0.15) is 46.2 Å². The predicted octanol–water partition coefficient (Wildman–Crippen LogP) is 2.56. The Morgan fingerprint density at radius 3 is 2.92 bits per heavy atom. The molecule has 25 heavy (non-hydrogen) atoms. The summed E-state index contributed by atoms with van der Waals surface area (Å²) in [5, 5.41) is 12.4. The van der Waals surface area contributed by atoms with Crippen LogP contribution < -0.4 is 0 Å². The second kappa shape index (κ2) is 5.98. The quantitative estimate of drug-likeness (QED) is 0.779. The van der Waals surface area contributed by atoms with E-state index in [4.69, 9.17) is 0 Å². The zero-order chi connectivity index (χ0) is 17.6. The average molecular weight is 338 g/mol. The number of aryl methyl sites for hydroxylation is 3. The summed E-state index contributed by atoms with van der Waals surface area (Å²) in [4.78, 5) is 19.6. The Bertz CT molecular complexity index is 940. The van der Waals surface area contributed by atoms with Crippen molar-refractivity contribution in [3.8, 4) is 0 Å². The van der Waals surface area contributed by atoms with E-state index in [1.54, 1.807) is 0 Å². The highest BCUT2D eigenvalue weighted by atomic mass is 16.2. The largest absolute Gasteiger partial charge is 0.336 e. The molecule has 7 heteroatoms. The SMILES string of the molecule is Cc1cnn(C2CCCN(C(=O)c3cc(C)nc4n[nH]c(C)c34)C2)c1. The Balaban J connectivity index is 1.65. The van der Waals surface area contributed by atoms with Crippen molar-refractivity contribution in [1.29, 1.82) is 0 Å². The predicted molar refractivity (Wildman–Crippen MR) is 94.5 cm³/mol. The molecule has 0 radical (unpaired) electrons. The molecule has 0 aliphatic carbocycles. The van der Waals surface area contributed by atoms with Crippen LogP contribution in [0.25, 0.3) is 11.0 Å². The van der Waals surface area contributed by atoms with Crippen LogP contribution in [-0.4, -0.2) is 48.9 Å². The molecule has 1 aliphatic rings. The summed E-state index contributed by atoms with van der Waals surface area (Å²) >= 11 is 0. The number of aromatic amines is 1. The minimum Gasteiger partial charge on any atom is -0.336 e. The second-order valence-electron chi connectivity index (χ2n) is 6.90. The molecule has 1 fully saturated rings. The maximum Gasteiger partial charge on any atom is 0.254 e. The van der Waals surface area contributed by atoms with Crippen LogP contribution in [0, 0.1) is 20.8 Å². The Morgan fingerprint density at radius 2 is 2.16 bits per heavy atom. The molecule has 1 aliphatic heterocycles. The molecule has 1 unspecified atom stereocenters. The number of nitrogens with one attached hydrogen (secondary N) is 1. The summed E-state index contributed by atoms with van der Waals surface area (Å²) in [5.41, 5.74) is 4.12. The van der Waals surface area contributed by atoms with Gasteiger partial charge in [0.1, 0.15) is 0 Å². The van der Waals surface area contributed by atoms with Crippen LogP contribution in [0.4, 0.5) is 0 Å². The highest BCUT2D eigenvalue weighted by molar-refractivity contribution is 6.06. The van der Waals surface area contributed by atoms with E-state index >= 15 is 0 Å². The normalized spacial score (nSPS) is 18.0. The van der Waals surface area contributed by atoms with Crippen molar-refractivity contribution in [3.05, 3.63) is 41.0 Å². The van der Waals surface area contributed by atoms with Gasteiger partial charge < -0.3 is 4.90 Å². The smallest absolute Gasteiger partial charge is 0.254 e. The van der Waals surface area contributed by atoms with Crippen molar-refractivity contribution >= 4 is 16.9 Å². The number of nitrogens with zero attached hydrogens (tertiary/aromatic N) is 5. The van der Waals surface area contributed by atoms with E-state index in [0.29, 0.717) is 17.8 Å². The lowest BCUT2D eigenvalue weighted by molar-refractivity contribution is 0.0674. The molecule has 0 aromatic carbocycles. The van der Waals surface area contributed by atoms with Crippen molar-refractivity contribution in [1.82, 2.24) is 29.9 Å². The molecule has 4 heterocycles. The minimum absolute atomic E-state index is 0.0496. The highest BCUT2D eigenvalue weighted by Gasteiger charge is 2.28. The van der Waals surface area contributed by atoms with E-state index in [1.807, 2.05) is 48.8 Å². The van der Waals surface area contributed by atoms with Crippen LogP contribution in [0.5, 0.6) is 0 Å². The van der Waals surface area contributed by atoms with E-state index in [0.717, 1.165) is 41.7 Å². The van der Waals surface area contributed by atoms with Gasteiger partial charge in [0.15, 0.2) is 5.65 Å². The number of amides is 1. The van der Waals surface area contributed by atoms with E-state index in [9.17, 15) is 4.79 Å². The van der Waals surface area contributed by atoms with Gasteiger partial charge in [-0.1, -0.05) is 0 Å². The van der Waals surface area contributed by atoms with Gasteiger partial charge in [-0.2, -0.15) is 10.2 Å². The molecular weight excluding hydrogens is 316 g/mol. The van der Waals surface area contributed by atoms with Crippen LogP contribution in [0.3, 0.4) is 0 Å². The highest BCUT2D eigenvalue weighted by Crippen LogP contribution is 2.26. The van der Waals surface area contributed by atoms with Crippen molar-refractivity contribution in [2.45, 2.75) is 39.7 Å². The summed E-state index contributed by atoms with van der Waals surface area (Å²) in [6.45, 7) is 7.31. The van der Waals surface area contributed by atoms with E-state index in [1.165, 1.54) is 0 Å². The zero-order valence-electron chi connectivity index (χ0n) is 14.8. The number of hydrogen-bond donors (Lipinski definition) is 1. The number of pyridine rings is 1. The van der Waals surface area contributed by atoms with Crippen molar-refractivity contribution in [2.75, 3.05) is 13.1 Å². The molecule has 0 spiro atoms. The molecular formula is C18H22N6O. The van der Waals surface area contributed by atoms with Gasteiger partial charge in [-0.05, 0) is 45.2 Å². The lowest BCUT2D eigenvalue weighted by Gasteiger charge is -2.33. The maximum atomic E-state index is 13.2. The molecule has 1 amide bonds. The lowest BCUT2D eigenvalue weighted by atomic mass is 10.0. The Labute approximate surface area is 146 Å². The first-order chi connectivity index (χ1) is 12.0. The van der Waals surface area contributed by atoms with Crippen molar-refractivity contribution < 1.29 is 4.79 Å². The Morgan fingerprint density at radius 1 is 1.32 bits per heavy atom. The fourth-order valence-corrected chi connectivity index (χ4v) is 3.63. The number of likely N-dealkylation sites (tertiary alicyclic amines) is 1. The molecule has 4 rings (SSSR count). The van der Waals surface area contributed by atoms with E-state index in [-0.39, 0.29) is 11.9 Å². The van der Waals surface area contributed by atoms with Crippen LogP contribution in [-0.2, 0) is 0 Å². The Kier molecular flexibility index (Phi) is 3.78. The summed E-state index contributed by atoms with van der Waals surface area (Å²) in [7, 11) is 0. The second-order valence-corrected chi connectivity index (χ2v) is 6.90. The van der Waals surface area contributed by atoms with Gasteiger partial charge in [0.05, 0.1) is 23.2 Å². The first-order valence-electron chi connectivity index (χ1n) is 8.65. The number of rotatable bonds is 2. The van der Waals surface area contributed by atoms with E-state index in [2.05, 4.69) is 20.3 Å². The van der Waals surface area contributed by atoms with Crippen molar-refractivity contribution in [3.63, 3.8) is 0 Å². The third-order valence-electron chi connectivity index (χ3n) is 4.85. The van der Waals surface area contributed by atoms with E-state index < -0.39 is 0 Å². The van der Waals surface area contributed by atoms with Gasteiger partial charge in [0.2, 0.25) is 0 Å². The molecule has 7 nitrogen and oxygen atoms in total. The molecule has 1 N–H and O–H groups in total. The molecule has 0 saturated carbocycles. The fraction of sp³-hybridized carbons (Fsp3) is 0.444. The minimum atomic E-state index is 0.0496. The number of hydrogen-bond acceptors (Lipinski definition) is 4. The first kappa shape index (κ1) is 15.8. The van der Waals surface area contributed by atoms with Crippen LogP contribution in [0.15, 0.2) is 18.5 Å². The third-order valence-corrected chi connectivity index (χ3v) is 4.85. The van der Waals surface area contributed by atoms with Gasteiger partial charge in [0, 0.05) is 30.7 Å². The van der Waals surface area contributed by atoms with Gasteiger partial charge in [0.25, 0.3) is 5.91 Å². The first-order valence-corrected chi connectivity index (χ1v) is 8.65. The molecule has 3 aromatic heterocycles. The number of piperidine rings is 1. The third kappa shape index (κ3) is 2.79. The summed E-state index contributed by atoms with van der Waals surface area (Å²) in [6.07, 6.45) is 5.94. The fourth-order valence-electron chi connectivity index (χ4n) is 3.63. The number of fused-ring (bicyclic) bond motifs is 1. The van der Waals surface area contributed by atoms with Gasteiger partial charge in [-0.15, -0.1) is 0 Å². The topological polar surface area (TPSA) is 79.7 Å². The van der Waals surface area contributed by atoms with Crippen LogP contribution >= 0.6 is 0 Å². The van der Waals surface area contributed by atoms with Crippen molar-refractivity contribution in [2.24, 2.45) is 0 Å². The van der Waals surface area contributed by atoms with Gasteiger partial charge >= 0.3 is 0 Å². The number of carbonyl (C=O) groups is 1. The number of aromatic nitrogens is 5. The monoisotopic (exact) mass is 338 g/mol. The summed E-state index contributed by atoms with van der Waals surface area (Å²) in [6, 6.07) is 2.10. The average Bonchev–Trinajstić information content (AvgIpc) is 3.20. The maximum absolute atomic E-state index is 13.2. The molecule has 1 atom stereocenters. The van der Waals surface area contributed by atoms with Crippen LogP contribution in [0.2, 0.25) is 0 Å². The number of H-pyrrole nitrogens is 1. The molecule has 130 valence electrons. The lowest BCUT2D eigenvalue weighted by Crippen LogP contribution is -2.41. The molecule has 0 bridgehead atoms. The summed E-state index contributed by atoms with van der Waals surface area (Å²) < 4.78 is 1.99. The zero-order valence-corrected chi connectivity index (χ0v) is 14.8. The van der Waals surface area contributed by atoms with Gasteiger partial charge in [-0.3, -0.25) is 14.6 Å². The standard InChI is InChI=1S/C18H22N6O/c1-11-8-19-24(9-11)14-5-4-6-23(10-14)18(25)15-7-12(2)20-17-16(15)13(3)21-22-17/h7-9,14H,4-6,10H2,1-3H3,(H,20,21,22). The molecule has 1 saturated heterocycles. The summed E-state index contributed by atoms with van der Waals surface area (Å²) in [5.74, 6) is 0.0496. The van der Waals surface area contributed by atoms with Gasteiger partial charge in [-0.25, -0.2) is 4.98 Å². The number of carbonyl (C=O) groups excluding carboxylic acids is 1.